The summed E-state index contributed by atoms with van der Waals surface area (Å²) in [6.45, 7) is 17.4. The van der Waals surface area contributed by atoms with Crippen molar-refractivity contribution in [2.24, 2.45) is 5.73 Å². The zero-order valence-corrected chi connectivity index (χ0v) is 25.9. The van der Waals surface area contributed by atoms with Gasteiger partial charge in [0.2, 0.25) is 0 Å². The van der Waals surface area contributed by atoms with Gasteiger partial charge in [0.25, 0.3) is 0 Å². The molecule has 3 aromatic rings. The van der Waals surface area contributed by atoms with E-state index in [1.165, 1.54) is 5.56 Å². The molecule has 0 aliphatic carbocycles. The number of hydrogen-bond donors (Lipinski definition) is 3. The van der Waals surface area contributed by atoms with E-state index in [9.17, 15) is 5.11 Å². The molecule has 1 atom stereocenters. The van der Waals surface area contributed by atoms with E-state index < -0.39 is 8.32 Å². The molecule has 0 aromatic heterocycles. The largest absolute Gasteiger partial charge is 0.489 e. The van der Waals surface area contributed by atoms with Crippen molar-refractivity contribution in [1.82, 2.24) is 5.32 Å². The summed E-state index contributed by atoms with van der Waals surface area (Å²) < 4.78 is 13.1. The maximum Gasteiger partial charge on any atom is 0.192 e. The molecule has 1 unspecified atom stereocenters. The van der Waals surface area contributed by atoms with E-state index in [0.717, 1.165) is 28.7 Å². The number of aliphatic hydroxyl groups is 1. The average Bonchev–Trinajstić information content (AvgIpc) is 2.89. The molecule has 4 N–H and O–H groups in total. The van der Waals surface area contributed by atoms with Crippen molar-refractivity contribution in [2.45, 2.75) is 90.6 Å². The molecule has 0 fully saturated rings. The monoisotopic (exact) mass is 548 g/mol. The SMILES string of the molecule is CC(C)(Cc1cccc(CN)c1)NCC(O[Si](C)(C)C(C)(C)C)c1ccc(OCc2ccccc2)c(CO)c1. The first kappa shape index (κ1) is 31.0. The Morgan fingerprint density at radius 2 is 1.54 bits per heavy atom. The molecule has 0 heterocycles. The first-order valence-corrected chi connectivity index (χ1v) is 16.9. The van der Waals surface area contributed by atoms with Crippen molar-refractivity contribution < 1.29 is 14.3 Å². The lowest BCUT2D eigenvalue weighted by Gasteiger charge is -2.40. The zero-order valence-electron chi connectivity index (χ0n) is 24.9. The quantitative estimate of drug-likeness (QED) is 0.203. The van der Waals surface area contributed by atoms with Crippen LogP contribution in [0.25, 0.3) is 0 Å². The van der Waals surface area contributed by atoms with Crippen LogP contribution in [0, 0.1) is 0 Å². The van der Waals surface area contributed by atoms with Crippen molar-refractivity contribution in [2.75, 3.05) is 6.54 Å². The maximum absolute atomic E-state index is 10.2. The number of benzene rings is 3. The minimum absolute atomic E-state index is 0.0714. The van der Waals surface area contributed by atoms with E-state index in [-0.39, 0.29) is 23.3 Å². The minimum atomic E-state index is -2.08. The Hall–Kier alpha value is -2.48. The summed E-state index contributed by atoms with van der Waals surface area (Å²) in [4.78, 5) is 0. The van der Waals surface area contributed by atoms with Crippen LogP contribution in [0.5, 0.6) is 5.75 Å². The van der Waals surface area contributed by atoms with Gasteiger partial charge in [0, 0.05) is 24.2 Å². The van der Waals surface area contributed by atoms with Gasteiger partial charge in [-0.25, -0.2) is 0 Å². The van der Waals surface area contributed by atoms with Crippen LogP contribution < -0.4 is 15.8 Å². The van der Waals surface area contributed by atoms with Crippen molar-refractivity contribution in [1.29, 1.82) is 0 Å². The molecule has 39 heavy (non-hydrogen) atoms. The Balaban J connectivity index is 1.82. The van der Waals surface area contributed by atoms with E-state index in [0.29, 0.717) is 25.4 Å². The van der Waals surface area contributed by atoms with Crippen LogP contribution in [0.3, 0.4) is 0 Å². The molecule has 0 saturated heterocycles. The van der Waals surface area contributed by atoms with E-state index in [4.69, 9.17) is 14.9 Å². The zero-order chi connectivity index (χ0) is 28.7. The fourth-order valence-electron chi connectivity index (χ4n) is 4.37. The van der Waals surface area contributed by atoms with Gasteiger partial charge in [-0.3, -0.25) is 0 Å². The van der Waals surface area contributed by atoms with Gasteiger partial charge < -0.3 is 25.3 Å². The van der Waals surface area contributed by atoms with Crippen LogP contribution in [-0.4, -0.2) is 25.5 Å². The Morgan fingerprint density at radius 1 is 0.872 bits per heavy atom. The highest BCUT2D eigenvalue weighted by atomic mass is 28.4. The average molecular weight is 549 g/mol. The van der Waals surface area contributed by atoms with Crippen molar-refractivity contribution in [3.63, 3.8) is 0 Å². The second-order valence-corrected chi connectivity index (χ2v) is 17.4. The fourth-order valence-corrected chi connectivity index (χ4v) is 5.65. The van der Waals surface area contributed by atoms with Gasteiger partial charge in [0.05, 0.1) is 12.7 Å². The molecule has 0 saturated carbocycles. The third-order valence-electron chi connectivity index (χ3n) is 7.75. The summed E-state index contributed by atoms with van der Waals surface area (Å²) in [6, 6.07) is 24.7. The molecule has 0 aliphatic rings. The van der Waals surface area contributed by atoms with Gasteiger partial charge in [-0.1, -0.05) is 81.4 Å². The highest BCUT2D eigenvalue weighted by Crippen LogP contribution is 2.40. The third-order valence-corrected chi connectivity index (χ3v) is 12.2. The summed E-state index contributed by atoms with van der Waals surface area (Å²) in [5.41, 5.74) is 11.0. The van der Waals surface area contributed by atoms with E-state index in [1.54, 1.807) is 0 Å². The highest BCUT2D eigenvalue weighted by Gasteiger charge is 2.39. The summed E-state index contributed by atoms with van der Waals surface area (Å²) in [5.74, 6) is 0.698. The Morgan fingerprint density at radius 3 is 2.18 bits per heavy atom. The lowest BCUT2D eigenvalue weighted by molar-refractivity contribution is 0.166. The van der Waals surface area contributed by atoms with Gasteiger partial charge in [0.15, 0.2) is 8.32 Å². The van der Waals surface area contributed by atoms with Gasteiger partial charge in [-0.2, -0.15) is 0 Å². The Bertz CT molecular complexity index is 1190. The second kappa shape index (κ2) is 13.2. The lowest BCUT2D eigenvalue weighted by Crippen LogP contribution is -2.47. The molecule has 0 radical (unpaired) electrons. The molecule has 0 aliphatic heterocycles. The minimum Gasteiger partial charge on any atom is -0.489 e. The van der Waals surface area contributed by atoms with E-state index >= 15 is 0 Å². The Labute approximate surface area is 236 Å². The molecule has 0 spiro atoms. The normalized spacial score (nSPS) is 13.4. The summed E-state index contributed by atoms with van der Waals surface area (Å²) in [6.07, 6.45) is 0.718. The molecule has 5 nitrogen and oxygen atoms in total. The number of rotatable bonds is 13. The molecular weight excluding hydrogens is 500 g/mol. The standard InChI is InChI=1S/C33H48N2O3Si/c1-32(2,3)39(6,7)38-31(22-35-33(4,5)20-26-14-11-15-27(18-26)21-34)28-16-17-30(29(19-28)23-36)37-24-25-12-9-8-10-13-25/h8-19,31,35-36H,20-24,34H2,1-7H3. The van der Waals surface area contributed by atoms with Crippen LogP contribution in [0.1, 0.15) is 68.5 Å². The molecule has 212 valence electrons. The number of aliphatic hydroxyl groups excluding tert-OH is 1. The van der Waals surface area contributed by atoms with Gasteiger partial charge in [-0.05, 0) is 72.8 Å². The topological polar surface area (TPSA) is 76.7 Å². The predicted molar refractivity (Wildman–Crippen MR) is 164 cm³/mol. The van der Waals surface area contributed by atoms with Crippen molar-refractivity contribution in [3.8, 4) is 5.75 Å². The smallest absolute Gasteiger partial charge is 0.192 e. The summed E-state index contributed by atoms with van der Waals surface area (Å²) >= 11 is 0. The van der Waals surface area contributed by atoms with Gasteiger partial charge in [0.1, 0.15) is 12.4 Å². The molecular formula is C33H48N2O3Si. The molecule has 0 bridgehead atoms. The van der Waals surface area contributed by atoms with Crippen LogP contribution in [-0.2, 0) is 30.6 Å². The maximum atomic E-state index is 10.2. The summed E-state index contributed by atoms with van der Waals surface area (Å²) in [5, 5.41) is 14.1. The predicted octanol–water partition coefficient (Wildman–Crippen LogP) is 6.89. The number of nitrogens with one attached hydrogen (secondary N) is 1. The highest BCUT2D eigenvalue weighted by molar-refractivity contribution is 6.74. The Kier molecular flexibility index (Phi) is 10.5. The molecule has 3 aromatic carbocycles. The van der Waals surface area contributed by atoms with E-state index in [2.05, 4.69) is 83.4 Å². The first-order valence-electron chi connectivity index (χ1n) is 13.9. The molecule has 0 amide bonds. The van der Waals surface area contributed by atoms with Crippen LogP contribution in [0.2, 0.25) is 18.1 Å². The van der Waals surface area contributed by atoms with Gasteiger partial charge in [-0.15, -0.1) is 0 Å². The molecule has 6 heteroatoms. The van der Waals surface area contributed by atoms with Gasteiger partial charge >= 0.3 is 0 Å². The van der Waals surface area contributed by atoms with Crippen LogP contribution in [0.4, 0.5) is 0 Å². The molecule has 3 rings (SSSR count). The third kappa shape index (κ3) is 9.02. The summed E-state index contributed by atoms with van der Waals surface area (Å²) in [7, 11) is -2.08. The lowest BCUT2D eigenvalue weighted by atomic mass is 9.93. The van der Waals surface area contributed by atoms with Crippen molar-refractivity contribution >= 4 is 8.32 Å². The van der Waals surface area contributed by atoms with E-state index in [1.807, 2.05) is 42.5 Å². The number of ether oxygens (including phenoxy) is 1. The fraction of sp³-hybridized carbons (Fsp3) is 0.455. The second-order valence-electron chi connectivity index (χ2n) is 12.6. The van der Waals surface area contributed by atoms with Crippen molar-refractivity contribution in [3.05, 3.63) is 101 Å². The number of hydrogen-bond acceptors (Lipinski definition) is 5. The van der Waals surface area contributed by atoms with Crippen LogP contribution >= 0.6 is 0 Å². The van der Waals surface area contributed by atoms with Crippen LogP contribution in [0.15, 0.2) is 72.8 Å². The number of nitrogens with two attached hydrogens (primary N) is 1. The first-order chi connectivity index (χ1) is 18.3.